The zero-order chi connectivity index (χ0) is 9.15. The maximum absolute atomic E-state index is 5.93. The van der Waals surface area contributed by atoms with E-state index < -0.39 is 0 Å². The fourth-order valence-corrected chi connectivity index (χ4v) is 2.57. The Morgan fingerprint density at radius 2 is 2.38 bits per heavy atom. The summed E-state index contributed by atoms with van der Waals surface area (Å²) in [5.74, 6) is 0.555. The van der Waals surface area contributed by atoms with Crippen LogP contribution in [0.4, 0.5) is 0 Å². The third-order valence-electron chi connectivity index (χ3n) is 3.36. The monoisotopic (exact) mass is 184 g/mol. The molecule has 2 heteroatoms. The van der Waals surface area contributed by atoms with Gasteiger partial charge in [-0.2, -0.15) is 0 Å². The second-order valence-electron chi connectivity index (χ2n) is 4.24. The highest BCUT2D eigenvalue weighted by Gasteiger charge is 2.48. The van der Waals surface area contributed by atoms with Crippen LogP contribution in [0, 0.1) is 5.92 Å². The summed E-state index contributed by atoms with van der Waals surface area (Å²) in [6.45, 7) is 3.99. The zero-order valence-corrected chi connectivity index (χ0v) is 8.55. The first kappa shape index (κ1) is 9.47. The Bertz CT molecular complexity index is 157. The lowest BCUT2D eigenvalue weighted by Crippen LogP contribution is -2.34. The second-order valence-corrected chi connectivity index (χ2v) is 4.24. The molecule has 1 saturated carbocycles. The number of rotatable bonds is 4. The summed E-state index contributed by atoms with van der Waals surface area (Å²) in [6.07, 6.45) is 7.31. The minimum Gasteiger partial charge on any atom is -0.350 e. The van der Waals surface area contributed by atoms with Gasteiger partial charge in [0.1, 0.15) is 0 Å². The van der Waals surface area contributed by atoms with Crippen LogP contribution in [0.25, 0.3) is 0 Å². The maximum Gasteiger partial charge on any atom is 0.171 e. The summed E-state index contributed by atoms with van der Waals surface area (Å²) in [4.78, 5) is 0. The highest BCUT2D eigenvalue weighted by molar-refractivity contribution is 4.90. The van der Waals surface area contributed by atoms with Crippen molar-refractivity contribution in [2.75, 3.05) is 13.2 Å². The molecule has 1 heterocycles. The lowest BCUT2D eigenvalue weighted by molar-refractivity contribution is -0.221. The summed E-state index contributed by atoms with van der Waals surface area (Å²) in [7, 11) is 0. The minimum absolute atomic E-state index is 0.144. The Labute approximate surface area is 80.6 Å². The van der Waals surface area contributed by atoms with Gasteiger partial charge in [-0.3, -0.25) is 0 Å². The van der Waals surface area contributed by atoms with E-state index in [0.717, 1.165) is 26.1 Å². The highest BCUT2D eigenvalue weighted by Crippen LogP contribution is 2.46. The van der Waals surface area contributed by atoms with Crippen molar-refractivity contribution >= 4 is 0 Å². The Hall–Kier alpha value is -0.0800. The van der Waals surface area contributed by atoms with Gasteiger partial charge in [-0.25, -0.2) is 0 Å². The molecule has 0 N–H and O–H groups in total. The fraction of sp³-hybridized carbons (Fsp3) is 1.00. The smallest absolute Gasteiger partial charge is 0.171 e. The molecule has 1 saturated heterocycles. The molecule has 2 aliphatic rings. The molecule has 0 spiro atoms. The lowest BCUT2D eigenvalue weighted by atomic mass is 10.0. The van der Waals surface area contributed by atoms with Crippen LogP contribution in [0.1, 0.15) is 45.4 Å². The minimum atomic E-state index is -0.144. The Kier molecular flexibility index (Phi) is 2.89. The second kappa shape index (κ2) is 3.97. The molecular formula is C11H20O2. The van der Waals surface area contributed by atoms with E-state index in [9.17, 15) is 0 Å². The first-order valence-electron chi connectivity index (χ1n) is 5.65. The number of fused-ring (bicyclic) bond motifs is 1. The van der Waals surface area contributed by atoms with Crippen LogP contribution in [0.5, 0.6) is 0 Å². The van der Waals surface area contributed by atoms with E-state index in [1.807, 2.05) is 0 Å². The van der Waals surface area contributed by atoms with Gasteiger partial charge in [0.05, 0.1) is 13.2 Å². The molecule has 1 aliphatic heterocycles. The molecule has 2 fully saturated rings. The molecule has 2 nitrogen and oxygen atoms in total. The SMILES string of the molecule is CCCCOC12CCCC1CCO2. The van der Waals surface area contributed by atoms with Gasteiger partial charge in [0, 0.05) is 12.3 Å². The molecule has 0 amide bonds. The van der Waals surface area contributed by atoms with E-state index in [4.69, 9.17) is 9.47 Å². The van der Waals surface area contributed by atoms with E-state index in [1.54, 1.807) is 0 Å². The van der Waals surface area contributed by atoms with E-state index in [2.05, 4.69) is 6.92 Å². The van der Waals surface area contributed by atoms with Crippen molar-refractivity contribution in [2.45, 2.75) is 51.2 Å². The van der Waals surface area contributed by atoms with Crippen molar-refractivity contribution in [3.05, 3.63) is 0 Å². The van der Waals surface area contributed by atoms with Crippen LogP contribution in [-0.4, -0.2) is 19.0 Å². The molecule has 2 atom stereocenters. The maximum atomic E-state index is 5.93. The summed E-state index contributed by atoms with van der Waals surface area (Å²) >= 11 is 0. The van der Waals surface area contributed by atoms with Gasteiger partial charge in [0.25, 0.3) is 0 Å². The van der Waals surface area contributed by atoms with Crippen molar-refractivity contribution in [2.24, 2.45) is 5.92 Å². The molecule has 76 valence electrons. The quantitative estimate of drug-likeness (QED) is 0.625. The van der Waals surface area contributed by atoms with Gasteiger partial charge >= 0.3 is 0 Å². The molecular weight excluding hydrogens is 164 g/mol. The topological polar surface area (TPSA) is 18.5 Å². The van der Waals surface area contributed by atoms with Crippen molar-refractivity contribution in [1.29, 1.82) is 0 Å². The van der Waals surface area contributed by atoms with Gasteiger partial charge < -0.3 is 9.47 Å². The van der Waals surface area contributed by atoms with Crippen molar-refractivity contribution < 1.29 is 9.47 Å². The molecule has 0 aromatic rings. The molecule has 1 aliphatic carbocycles. The van der Waals surface area contributed by atoms with Crippen LogP contribution in [-0.2, 0) is 9.47 Å². The Balaban J connectivity index is 1.86. The van der Waals surface area contributed by atoms with Crippen molar-refractivity contribution in [3.8, 4) is 0 Å². The van der Waals surface area contributed by atoms with E-state index in [-0.39, 0.29) is 5.79 Å². The van der Waals surface area contributed by atoms with Crippen LogP contribution < -0.4 is 0 Å². The summed E-state index contributed by atoms with van der Waals surface area (Å²) in [5, 5.41) is 0. The number of hydrogen-bond acceptors (Lipinski definition) is 2. The summed E-state index contributed by atoms with van der Waals surface area (Å²) in [5.41, 5.74) is 0. The average Bonchev–Trinajstić information content (AvgIpc) is 2.63. The molecule has 13 heavy (non-hydrogen) atoms. The van der Waals surface area contributed by atoms with Gasteiger partial charge in [0.15, 0.2) is 5.79 Å². The van der Waals surface area contributed by atoms with Crippen molar-refractivity contribution in [1.82, 2.24) is 0 Å². The summed E-state index contributed by atoms with van der Waals surface area (Å²) in [6, 6.07) is 0. The van der Waals surface area contributed by atoms with Gasteiger partial charge in [-0.1, -0.05) is 13.3 Å². The number of ether oxygens (including phenoxy) is 2. The van der Waals surface area contributed by atoms with Gasteiger partial charge in [-0.15, -0.1) is 0 Å². The fourth-order valence-electron chi connectivity index (χ4n) is 2.57. The normalized spacial score (nSPS) is 38.1. The molecule has 0 radical (unpaired) electrons. The molecule has 0 aromatic carbocycles. The number of unbranched alkanes of at least 4 members (excludes halogenated alkanes) is 1. The molecule has 2 rings (SSSR count). The summed E-state index contributed by atoms with van der Waals surface area (Å²) < 4.78 is 11.7. The molecule has 0 aromatic heterocycles. The van der Waals surface area contributed by atoms with Crippen LogP contribution in [0.15, 0.2) is 0 Å². The average molecular weight is 184 g/mol. The van der Waals surface area contributed by atoms with Gasteiger partial charge in [-0.05, 0) is 25.7 Å². The lowest BCUT2D eigenvalue weighted by Gasteiger charge is -2.28. The van der Waals surface area contributed by atoms with Crippen molar-refractivity contribution in [3.63, 3.8) is 0 Å². The first-order valence-corrected chi connectivity index (χ1v) is 5.65. The molecule has 2 unspecified atom stereocenters. The van der Waals surface area contributed by atoms with Crippen LogP contribution >= 0.6 is 0 Å². The van der Waals surface area contributed by atoms with E-state index >= 15 is 0 Å². The molecule has 0 bridgehead atoms. The Morgan fingerprint density at radius 1 is 1.46 bits per heavy atom. The first-order chi connectivity index (χ1) is 6.37. The standard InChI is InChI=1S/C11H20O2/c1-2-3-8-12-11-7-4-5-10(11)6-9-13-11/h10H,2-9H2,1H3. The predicted molar refractivity (Wildman–Crippen MR) is 51.5 cm³/mol. The van der Waals surface area contributed by atoms with Crippen LogP contribution in [0.2, 0.25) is 0 Å². The van der Waals surface area contributed by atoms with Crippen LogP contribution in [0.3, 0.4) is 0 Å². The van der Waals surface area contributed by atoms with E-state index in [1.165, 1.54) is 25.7 Å². The number of hydrogen-bond donors (Lipinski definition) is 0. The zero-order valence-electron chi connectivity index (χ0n) is 8.55. The largest absolute Gasteiger partial charge is 0.350 e. The van der Waals surface area contributed by atoms with E-state index in [0.29, 0.717) is 5.92 Å². The predicted octanol–water partition coefficient (Wildman–Crippen LogP) is 2.72. The Morgan fingerprint density at radius 3 is 3.23 bits per heavy atom. The third kappa shape index (κ3) is 1.75. The third-order valence-corrected chi connectivity index (χ3v) is 3.36. The highest BCUT2D eigenvalue weighted by atomic mass is 16.7. The van der Waals surface area contributed by atoms with Gasteiger partial charge in [0.2, 0.25) is 0 Å².